The molecule has 11 heavy (non-hydrogen) atoms. The van der Waals surface area contributed by atoms with E-state index in [9.17, 15) is 0 Å². The van der Waals surface area contributed by atoms with Crippen LogP contribution in [0.5, 0.6) is 0 Å². The van der Waals surface area contributed by atoms with Gasteiger partial charge in [0.1, 0.15) is 16.2 Å². The molecule has 0 saturated heterocycles. The Morgan fingerprint density at radius 2 is 2.27 bits per heavy atom. The number of aryl methyl sites for hydroxylation is 1. The molecule has 1 N–H and O–H groups in total. The third-order valence-electron chi connectivity index (χ3n) is 1.31. The van der Waals surface area contributed by atoms with Gasteiger partial charge in [-0.2, -0.15) is 0 Å². The lowest BCUT2D eigenvalue weighted by molar-refractivity contribution is 0.930. The van der Waals surface area contributed by atoms with E-state index in [1.165, 1.54) is 0 Å². The molecule has 1 rings (SSSR count). The van der Waals surface area contributed by atoms with Crippen LogP contribution in [0.25, 0.3) is 0 Å². The molecule has 0 aliphatic rings. The van der Waals surface area contributed by atoms with Gasteiger partial charge < -0.3 is 5.32 Å². The highest BCUT2D eigenvalue weighted by Gasteiger charge is 1.98. The maximum Gasteiger partial charge on any atom is 0.131 e. The lowest BCUT2D eigenvalue weighted by Crippen LogP contribution is -1.98. The van der Waals surface area contributed by atoms with E-state index in [2.05, 4.69) is 31.2 Å². The van der Waals surface area contributed by atoms with Crippen LogP contribution in [0, 0.1) is 0 Å². The van der Waals surface area contributed by atoms with Gasteiger partial charge >= 0.3 is 0 Å². The van der Waals surface area contributed by atoms with E-state index in [4.69, 9.17) is 0 Å². The summed E-state index contributed by atoms with van der Waals surface area (Å²) < 4.78 is 0.828. The number of aromatic nitrogens is 2. The third-order valence-corrected chi connectivity index (χ3v) is 1.72. The summed E-state index contributed by atoms with van der Waals surface area (Å²) in [6, 6.07) is 1.85. The van der Waals surface area contributed by atoms with Crippen LogP contribution in [0.2, 0.25) is 0 Å². The van der Waals surface area contributed by atoms with Gasteiger partial charge in [-0.15, -0.1) is 0 Å². The second-order valence-corrected chi connectivity index (χ2v) is 2.91. The fourth-order valence-electron chi connectivity index (χ4n) is 0.751. The van der Waals surface area contributed by atoms with Crippen LogP contribution < -0.4 is 5.32 Å². The summed E-state index contributed by atoms with van der Waals surface area (Å²) in [7, 11) is 1.84. The van der Waals surface area contributed by atoms with Crippen LogP contribution in [-0.4, -0.2) is 17.0 Å². The second kappa shape index (κ2) is 3.67. The molecule has 0 aliphatic heterocycles. The quantitative estimate of drug-likeness (QED) is 0.766. The lowest BCUT2D eigenvalue weighted by Gasteiger charge is -2.01. The van der Waals surface area contributed by atoms with Crippen molar-refractivity contribution in [1.82, 2.24) is 9.97 Å². The highest BCUT2D eigenvalue weighted by Crippen LogP contribution is 2.11. The van der Waals surface area contributed by atoms with Crippen molar-refractivity contribution in [3.8, 4) is 0 Å². The Morgan fingerprint density at radius 1 is 1.55 bits per heavy atom. The maximum absolute atomic E-state index is 4.22. The van der Waals surface area contributed by atoms with Gasteiger partial charge in [-0.3, -0.25) is 0 Å². The average Bonchev–Trinajstić information content (AvgIpc) is 2.03. The molecule has 0 saturated carbocycles. The van der Waals surface area contributed by atoms with Gasteiger partial charge in [0.25, 0.3) is 0 Å². The normalized spacial score (nSPS) is 9.73. The number of hydrogen-bond donors (Lipinski definition) is 1. The minimum absolute atomic E-state index is 0.828. The number of hydrogen-bond acceptors (Lipinski definition) is 3. The number of rotatable bonds is 2. The van der Waals surface area contributed by atoms with E-state index in [1.54, 1.807) is 0 Å². The molecule has 4 heteroatoms. The number of anilines is 1. The van der Waals surface area contributed by atoms with E-state index < -0.39 is 0 Å². The van der Waals surface area contributed by atoms with Crippen LogP contribution in [0.15, 0.2) is 10.7 Å². The molecular weight excluding hydrogens is 206 g/mol. The van der Waals surface area contributed by atoms with E-state index in [-0.39, 0.29) is 0 Å². The average molecular weight is 216 g/mol. The summed E-state index contributed by atoms with van der Waals surface area (Å²) in [5.74, 6) is 1.70. The van der Waals surface area contributed by atoms with Crippen LogP contribution in [0.3, 0.4) is 0 Å². The monoisotopic (exact) mass is 215 g/mol. The van der Waals surface area contributed by atoms with Gasteiger partial charge in [0.05, 0.1) is 0 Å². The summed E-state index contributed by atoms with van der Waals surface area (Å²) in [4.78, 5) is 8.38. The Morgan fingerprint density at radius 3 is 2.82 bits per heavy atom. The molecule has 0 atom stereocenters. The molecule has 0 spiro atoms. The minimum Gasteiger partial charge on any atom is -0.373 e. The van der Waals surface area contributed by atoms with E-state index in [0.717, 1.165) is 22.7 Å². The molecule has 0 fully saturated rings. The first-order valence-electron chi connectivity index (χ1n) is 3.47. The Kier molecular flexibility index (Phi) is 2.82. The summed E-state index contributed by atoms with van der Waals surface area (Å²) in [6.07, 6.45) is 0.855. The molecule has 1 aromatic heterocycles. The zero-order valence-electron chi connectivity index (χ0n) is 6.56. The smallest absolute Gasteiger partial charge is 0.131 e. The number of nitrogens with one attached hydrogen (secondary N) is 1. The largest absolute Gasteiger partial charge is 0.373 e. The minimum atomic E-state index is 0.828. The number of nitrogens with zero attached hydrogens (tertiary/aromatic N) is 2. The molecule has 0 bridgehead atoms. The van der Waals surface area contributed by atoms with Crippen LogP contribution in [0.4, 0.5) is 5.82 Å². The Balaban J connectivity index is 3.02. The Labute approximate surface area is 74.4 Å². The molecule has 60 valence electrons. The second-order valence-electron chi connectivity index (χ2n) is 2.10. The zero-order chi connectivity index (χ0) is 8.27. The first kappa shape index (κ1) is 8.46. The van der Waals surface area contributed by atoms with Crippen molar-refractivity contribution >= 4 is 21.7 Å². The molecule has 1 aromatic rings. The van der Waals surface area contributed by atoms with Gasteiger partial charge in [-0.1, -0.05) is 6.92 Å². The zero-order valence-corrected chi connectivity index (χ0v) is 8.14. The van der Waals surface area contributed by atoms with E-state index in [1.807, 2.05) is 20.0 Å². The fourth-order valence-corrected chi connectivity index (χ4v) is 1.17. The topological polar surface area (TPSA) is 37.8 Å². The molecule has 0 radical (unpaired) electrons. The van der Waals surface area contributed by atoms with Crippen LogP contribution in [-0.2, 0) is 6.42 Å². The standard InChI is InChI=1S/C7H10BrN3/c1-3-6-10-5(8)4-7(9-2)11-6/h4H,3H2,1-2H3,(H,9,10,11). The predicted octanol–water partition coefficient (Wildman–Crippen LogP) is 1.84. The van der Waals surface area contributed by atoms with Crippen molar-refractivity contribution in [2.75, 3.05) is 12.4 Å². The van der Waals surface area contributed by atoms with Gasteiger partial charge in [0.15, 0.2) is 0 Å². The van der Waals surface area contributed by atoms with Gasteiger partial charge in [-0.05, 0) is 15.9 Å². The fraction of sp³-hybridized carbons (Fsp3) is 0.429. The molecule has 3 nitrogen and oxygen atoms in total. The van der Waals surface area contributed by atoms with E-state index >= 15 is 0 Å². The SMILES string of the molecule is CCc1nc(Br)cc(NC)n1. The first-order chi connectivity index (χ1) is 5.26. The van der Waals surface area contributed by atoms with Crippen molar-refractivity contribution < 1.29 is 0 Å². The highest BCUT2D eigenvalue weighted by atomic mass is 79.9. The highest BCUT2D eigenvalue weighted by molar-refractivity contribution is 9.10. The van der Waals surface area contributed by atoms with Gasteiger partial charge in [0, 0.05) is 19.5 Å². The summed E-state index contributed by atoms with van der Waals surface area (Å²) >= 11 is 3.30. The number of halogens is 1. The summed E-state index contributed by atoms with van der Waals surface area (Å²) in [6.45, 7) is 2.03. The summed E-state index contributed by atoms with van der Waals surface area (Å²) in [5, 5.41) is 2.96. The van der Waals surface area contributed by atoms with E-state index in [0.29, 0.717) is 0 Å². The molecule has 0 aliphatic carbocycles. The first-order valence-corrected chi connectivity index (χ1v) is 4.26. The molecule has 0 amide bonds. The lowest BCUT2D eigenvalue weighted by atomic mass is 10.4. The van der Waals surface area contributed by atoms with Crippen molar-refractivity contribution in [3.63, 3.8) is 0 Å². The van der Waals surface area contributed by atoms with Crippen molar-refractivity contribution in [2.24, 2.45) is 0 Å². The van der Waals surface area contributed by atoms with Crippen LogP contribution >= 0.6 is 15.9 Å². The van der Waals surface area contributed by atoms with Crippen LogP contribution in [0.1, 0.15) is 12.7 Å². The Bertz CT molecular complexity index is 227. The molecule has 0 unspecified atom stereocenters. The van der Waals surface area contributed by atoms with Crippen molar-refractivity contribution in [2.45, 2.75) is 13.3 Å². The molecule has 0 aromatic carbocycles. The third kappa shape index (κ3) is 2.15. The van der Waals surface area contributed by atoms with Gasteiger partial charge in [0.2, 0.25) is 0 Å². The van der Waals surface area contributed by atoms with Gasteiger partial charge in [-0.25, -0.2) is 9.97 Å². The van der Waals surface area contributed by atoms with Crippen molar-refractivity contribution in [1.29, 1.82) is 0 Å². The molecular formula is C7H10BrN3. The predicted molar refractivity (Wildman–Crippen MR) is 48.7 cm³/mol. The van der Waals surface area contributed by atoms with Crippen molar-refractivity contribution in [3.05, 3.63) is 16.5 Å². The summed E-state index contributed by atoms with van der Waals surface area (Å²) in [5.41, 5.74) is 0. The maximum atomic E-state index is 4.22. The molecule has 1 heterocycles. The Hall–Kier alpha value is -0.640.